The lowest BCUT2D eigenvalue weighted by Crippen LogP contribution is -2.11. The Balaban J connectivity index is 1.31. The summed E-state index contributed by atoms with van der Waals surface area (Å²) >= 11 is 0. The molecule has 4 aromatic rings. The van der Waals surface area contributed by atoms with Crippen LogP contribution < -0.4 is 18.9 Å². The second-order valence-corrected chi connectivity index (χ2v) is 9.36. The number of fused-ring (bicyclic) bond motifs is 1. The van der Waals surface area contributed by atoms with E-state index in [1.54, 1.807) is 61.5 Å². The minimum atomic E-state index is -0.936. The zero-order valence-electron chi connectivity index (χ0n) is 23.7. The van der Waals surface area contributed by atoms with E-state index in [4.69, 9.17) is 23.7 Å². The van der Waals surface area contributed by atoms with Crippen molar-refractivity contribution in [1.29, 1.82) is 0 Å². The third-order valence-corrected chi connectivity index (χ3v) is 5.98. The molecule has 0 heterocycles. The van der Waals surface area contributed by atoms with Crippen molar-refractivity contribution in [3.63, 3.8) is 0 Å². The van der Waals surface area contributed by atoms with Gasteiger partial charge in [-0.05, 0) is 78.4 Å². The second kappa shape index (κ2) is 14.4. The van der Waals surface area contributed by atoms with Crippen LogP contribution in [0.2, 0.25) is 0 Å². The number of benzene rings is 4. The van der Waals surface area contributed by atoms with E-state index in [0.29, 0.717) is 46.4 Å². The zero-order chi connectivity index (χ0) is 31.6. The molecule has 0 radical (unpaired) electrons. The van der Waals surface area contributed by atoms with Crippen molar-refractivity contribution in [2.75, 3.05) is 13.2 Å². The van der Waals surface area contributed by atoms with E-state index >= 15 is 0 Å². The largest absolute Gasteiger partial charge is 0.493 e. The van der Waals surface area contributed by atoms with Gasteiger partial charge in [0, 0.05) is 24.1 Å². The van der Waals surface area contributed by atoms with Gasteiger partial charge in [0.15, 0.2) is 0 Å². The molecule has 0 fully saturated rings. The van der Waals surface area contributed by atoms with Crippen molar-refractivity contribution < 1.29 is 47.3 Å². The first-order valence-electron chi connectivity index (χ1n) is 13.3. The number of carbonyl (C=O) groups is 4. The number of carbonyl (C=O) groups excluding carboxylic acids is 4. The van der Waals surface area contributed by atoms with Crippen LogP contribution in [0, 0.1) is 5.82 Å². The van der Waals surface area contributed by atoms with Crippen LogP contribution >= 0.6 is 0 Å². The van der Waals surface area contributed by atoms with Gasteiger partial charge in [-0.1, -0.05) is 25.3 Å². The highest BCUT2D eigenvalue weighted by molar-refractivity contribution is 5.94. The molecule has 0 aliphatic heterocycles. The summed E-state index contributed by atoms with van der Waals surface area (Å²) in [6.45, 7) is 8.89. The predicted molar refractivity (Wildman–Crippen MR) is 158 cm³/mol. The van der Waals surface area contributed by atoms with Crippen molar-refractivity contribution in [3.8, 4) is 23.0 Å². The Hall–Kier alpha value is -5.77. The lowest BCUT2D eigenvalue weighted by Gasteiger charge is -2.10. The van der Waals surface area contributed by atoms with Gasteiger partial charge in [0.1, 0.15) is 28.8 Å². The van der Waals surface area contributed by atoms with Gasteiger partial charge < -0.3 is 23.7 Å². The third-order valence-electron chi connectivity index (χ3n) is 5.98. The van der Waals surface area contributed by atoms with Crippen LogP contribution in [0.5, 0.6) is 23.0 Å². The average Bonchev–Trinajstić information content (AvgIpc) is 3.01. The van der Waals surface area contributed by atoms with Crippen LogP contribution in [0.4, 0.5) is 4.39 Å². The molecule has 0 aliphatic rings. The van der Waals surface area contributed by atoms with Crippen LogP contribution in [0.3, 0.4) is 0 Å². The maximum Gasteiger partial charge on any atom is 0.346 e. The van der Waals surface area contributed by atoms with E-state index < -0.39 is 29.7 Å². The van der Waals surface area contributed by atoms with Gasteiger partial charge in [-0.2, -0.15) is 0 Å². The van der Waals surface area contributed by atoms with Crippen LogP contribution in [0.1, 0.15) is 34.1 Å². The summed E-state index contributed by atoms with van der Waals surface area (Å²) < 4.78 is 40.7. The minimum absolute atomic E-state index is 0.0790. The molecule has 0 saturated heterocycles. The normalized spacial score (nSPS) is 10.4. The quantitative estimate of drug-likeness (QED) is 0.0791. The highest BCUT2D eigenvalue weighted by Gasteiger charge is 2.17. The molecule has 0 atom stereocenters. The Morgan fingerprint density at radius 2 is 1.30 bits per heavy atom. The Morgan fingerprint density at radius 1 is 0.727 bits per heavy atom. The molecule has 0 aliphatic carbocycles. The molecule has 44 heavy (non-hydrogen) atoms. The zero-order valence-corrected chi connectivity index (χ0v) is 23.7. The van der Waals surface area contributed by atoms with Crippen LogP contribution in [0.25, 0.3) is 10.8 Å². The van der Waals surface area contributed by atoms with Gasteiger partial charge in [-0.15, -0.1) is 0 Å². The van der Waals surface area contributed by atoms with Crippen LogP contribution in [0.15, 0.2) is 104 Å². The summed E-state index contributed by atoms with van der Waals surface area (Å²) in [7, 11) is 0. The monoisotopic (exact) mass is 598 g/mol. The molecule has 0 unspecified atom stereocenters. The Morgan fingerprint density at radius 3 is 1.89 bits per heavy atom. The molecule has 224 valence electrons. The number of rotatable bonds is 12. The van der Waals surface area contributed by atoms with Gasteiger partial charge in [0.2, 0.25) is 0 Å². The second-order valence-electron chi connectivity index (χ2n) is 9.36. The highest BCUT2D eigenvalue weighted by Crippen LogP contribution is 2.27. The molecular formula is C34H27FO9. The van der Waals surface area contributed by atoms with Gasteiger partial charge in [-0.3, -0.25) is 0 Å². The Kier molecular flexibility index (Phi) is 10.2. The summed E-state index contributed by atoms with van der Waals surface area (Å²) in [5.74, 6) is -2.69. The SMILES string of the molecule is C=CC(=O)Oc1ccc(C(=O)Oc2ccc3cc(OC(=O)c4ccc(OCCCOC(=O)C(=C)C)cc4)ccc3c2)c(F)c1. The van der Waals surface area contributed by atoms with Gasteiger partial charge in [0.05, 0.1) is 24.3 Å². The summed E-state index contributed by atoms with van der Waals surface area (Å²) in [5, 5.41) is 1.38. The third kappa shape index (κ3) is 8.39. The van der Waals surface area contributed by atoms with Gasteiger partial charge in [0.25, 0.3) is 0 Å². The summed E-state index contributed by atoms with van der Waals surface area (Å²) in [4.78, 5) is 47.9. The maximum absolute atomic E-state index is 14.4. The Bertz CT molecular complexity index is 1740. The molecule has 0 amide bonds. The van der Waals surface area contributed by atoms with E-state index in [1.807, 2.05) is 0 Å². The van der Waals surface area contributed by atoms with E-state index in [2.05, 4.69) is 13.2 Å². The van der Waals surface area contributed by atoms with Crippen molar-refractivity contribution >= 4 is 34.6 Å². The molecule has 0 saturated carbocycles. The molecule has 0 bridgehead atoms. The molecule has 0 aromatic heterocycles. The number of hydrogen-bond donors (Lipinski definition) is 0. The first-order chi connectivity index (χ1) is 21.1. The maximum atomic E-state index is 14.4. The van der Waals surface area contributed by atoms with Crippen molar-refractivity contribution in [1.82, 2.24) is 0 Å². The number of hydrogen-bond acceptors (Lipinski definition) is 9. The van der Waals surface area contributed by atoms with Crippen LogP contribution in [-0.2, 0) is 14.3 Å². The Labute approximate surface area is 252 Å². The molecule has 0 N–H and O–H groups in total. The van der Waals surface area contributed by atoms with E-state index in [9.17, 15) is 23.6 Å². The fourth-order valence-corrected chi connectivity index (χ4v) is 3.76. The fourth-order valence-electron chi connectivity index (χ4n) is 3.76. The highest BCUT2D eigenvalue weighted by atomic mass is 19.1. The van der Waals surface area contributed by atoms with Crippen molar-refractivity contribution in [3.05, 3.63) is 121 Å². The predicted octanol–water partition coefficient (Wildman–Crippen LogP) is 6.40. The molecule has 4 aromatic carbocycles. The van der Waals surface area contributed by atoms with Crippen molar-refractivity contribution in [2.45, 2.75) is 13.3 Å². The smallest absolute Gasteiger partial charge is 0.346 e. The number of esters is 4. The topological polar surface area (TPSA) is 114 Å². The lowest BCUT2D eigenvalue weighted by molar-refractivity contribution is -0.139. The van der Waals surface area contributed by atoms with Crippen LogP contribution in [-0.4, -0.2) is 37.1 Å². The van der Waals surface area contributed by atoms with Gasteiger partial charge in [-0.25, -0.2) is 23.6 Å². The first-order valence-corrected chi connectivity index (χ1v) is 13.3. The standard InChI is InChI=1S/C34H27FO9/c1-4-31(36)42-28-14-15-29(30(35)20-28)34(39)44-27-13-9-23-18-26(12-8-24(23)19-27)43-33(38)22-6-10-25(11-7-22)40-16-5-17-41-32(37)21(2)3/h4,6-15,18-20H,1-2,5,16-17H2,3H3. The summed E-state index contributed by atoms with van der Waals surface area (Å²) in [5.41, 5.74) is 0.307. The number of ether oxygens (including phenoxy) is 5. The molecule has 10 heteroatoms. The molecule has 0 spiro atoms. The van der Waals surface area contributed by atoms with E-state index in [-0.39, 0.29) is 23.7 Å². The molecule has 9 nitrogen and oxygen atoms in total. The number of halogens is 1. The fraction of sp³-hybridized carbons (Fsp3) is 0.118. The summed E-state index contributed by atoms with van der Waals surface area (Å²) in [6, 6.07) is 19.4. The molecule has 4 rings (SSSR count). The summed E-state index contributed by atoms with van der Waals surface area (Å²) in [6.07, 6.45) is 1.43. The van der Waals surface area contributed by atoms with Gasteiger partial charge >= 0.3 is 23.9 Å². The van der Waals surface area contributed by atoms with Crippen molar-refractivity contribution in [2.24, 2.45) is 0 Å². The lowest BCUT2D eigenvalue weighted by atomic mass is 10.1. The minimum Gasteiger partial charge on any atom is -0.493 e. The average molecular weight is 599 g/mol. The van der Waals surface area contributed by atoms with E-state index in [0.717, 1.165) is 18.2 Å². The first kappa shape index (κ1) is 31.2. The molecular weight excluding hydrogens is 571 g/mol. The van der Waals surface area contributed by atoms with E-state index in [1.165, 1.54) is 12.1 Å².